The Morgan fingerprint density at radius 3 is 2.71 bits per heavy atom. The summed E-state index contributed by atoms with van der Waals surface area (Å²) in [4.78, 5) is 26.2. The average molecular weight is 304 g/mol. The number of likely N-dealkylation sites (tertiary alicyclic amines) is 1. The Balaban J connectivity index is 1.90. The summed E-state index contributed by atoms with van der Waals surface area (Å²) in [6, 6.07) is -0.759. The monoisotopic (exact) mass is 304 g/mol. The van der Waals surface area contributed by atoms with Crippen LogP contribution in [0, 0.1) is 5.92 Å². The molecule has 0 bridgehead atoms. The molecule has 0 saturated carbocycles. The number of allylic oxidation sites excluding steroid dienone is 2. The molecule has 2 amide bonds. The van der Waals surface area contributed by atoms with E-state index in [-0.39, 0.29) is 24.8 Å². The van der Waals surface area contributed by atoms with Gasteiger partial charge in [0.15, 0.2) is 0 Å². The Kier molecular flexibility index (Phi) is 4.58. The van der Waals surface area contributed by atoms with Crippen LogP contribution in [0.3, 0.4) is 0 Å². The van der Waals surface area contributed by atoms with Gasteiger partial charge in [-0.25, -0.2) is 0 Å². The Morgan fingerprint density at radius 1 is 1.43 bits per heavy atom. The van der Waals surface area contributed by atoms with Crippen LogP contribution in [-0.4, -0.2) is 54.0 Å². The van der Waals surface area contributed by atoms with Crippen LogP contribution in [0.1, 0.15) is 25.7 Å². The maximum absolute atomic E-state index is 12.4. The summed E-state index contributed by atoms with van der Waals surface area (Å²) >= 11 is 0. The molecule has 4 nitrogen and oxygen atoms in total. The lowest BCUT2D eigenvalue weighted by molar-refractivity contribution is -0.159. The maximum Gasteiger partial charge on any atom is 0.406 e. The van der Waals surface area contributed by atoms with Gasteiger partial charge in [0.1, 0.15) is 12.6 Å². The van der Waals surface area contributed by atoms with Gasteiger partial charge in [-0.3, -0.25) is 9.59 Å². The predicted octanol–water partition coefficient (Wildman–Crippen LogP) is 1.96. The van der Waals surface area contributed by atoms with E-state index in [4.69, 9.17) is 0 Å². The van der Waals surface area contributed by atoms with Gasteiger partial charge in [-0.15, -0.1) is 0 Å². The standard InChI is InChI=1S/C14H19F3N2O2/c1-18(12(20)8-10-4-2-3-5-10)11-6-7-19(13(11)21)9-14(15,16)17/h2,4,10-11H,3,5-9H2,1H3/t10-,11-/m1/s1. The van der Waals surface area contributed by atoms with E-state index in [1.807, 2.05) is 12.2 Å². The SMILES string of the molecule is CN(C(=O)C[C@@H]1C=CCC1)[C@@H]1CCN(CC(F)(F)F)C1=O. The van der Waals surface area contributed by atoms with E-state index in [9.17, 15) is 22.8 Å². The average Bonchev–Trinajstić information content (AvgIpc) is 2.98. The molecule has 1 fully saturated rings. The van der Waals surface area contributed by atoms with E-state index in [0.717, 1.165) is 17.7 Å². The van der Waals surface area contributed by atoms with Crippen LogP contribution in [0.5, 0.6) is 0 Å². The molecule has 2 aliphatic rings. The van der Waals surface area contributed by atoms with Crippen molar-refractivity contribution in [2.75, 3.05) is 20.1 Å². The molecule has 2 atom stereocenters. The van der Waals surface area contributed by atoms with Gasteiger partial charge in [0, 0.05) is 20.0 Å². The number of nitrogens with zero attached hydrogens (tertiary/aromatic N) is 2. The van der Waals surface area contributed by atoms with Gasteiger partial charge in [0.25, 0.3) is 0 Å². The minimum absolute atomic E-state index is 0.0456. The fraction of sp³-hybridized carbons (Fsp3) is 0.714. The van der Waals surface area contributed by atoms with Crippen molar-refractivity contribution in [1.29, 1.82) is 0 Å². The lowest BCUT2D eigenvalue weighted by atomic mass is 10.0. The quantitative estimate of drug-likeness (QED) is 0.745. The molecule has 21 heavy (non-hydrogen) atoms. The van der Waals surface area contributed by atoms with Crippen LogP contribution in [0.15, 0.2) is 12.2 Å². The van der Waals surface area contributed by atoms with Gasteiger partial charge in [-0.05, 0) is 25.2 Å². The van der Waals surface area contributed by atoms with E-state index in [2.05, 4.69) is 0 Å². The third-order valence-electron chi connectivity index (χ3n) is 4.05. The highest BCUT2D eigenvalue weighted by Gasteiger charge is 2.41. The van der Waals surface area contributed by atoms with E-state index >= 15 is 0 Å². The van der Waals surface area contributed by atoms with Crippen LogP contribution in [0.2, 0.25) is 0 Å². The number of hydrogen-bond acceptors (Lipinski definition) is 2. The molecule has 0 aromatic rings. The van der Waals surface area contributed by atoms with Crippen LogP contribution in [-0.2, 0) is 9.59 Å². The molecule has 0 spiro atoms. The lowest BCUT2D eigenvalue weighted by Gasteiger charge is -2.25. The Labute approximate surface area is 121 Å². The zero-order valence-corrected chi connectivity index (χ0v) is 11.9. The number of amides is 2. The number of carbonyl (C=O) groups excluding carboxylic acids is 2. The number of halogens is 3. The van der Waals surface area contributed by atoms with E-state index < -0.39 is 24.7 Å². The van der Waals surface area contributed by atoms with Gasteiger partial charge in [0.2, 0.25) is 11.8 Å². The molecule has 0 aromatic carbocycles. The third-order valence-corrected chi connectivity index (χ3v) is 4.05. The van der Waals surface area contributed by atoms with E-state index in [1.165, 1.54) is 11.9 Å². The van der Waals surface area contributed by atoms with Crippen molar-refractivity contribution in [3.05, 3.63) is 12.2 Å². The molecule has 1 aliphatic heterocycles. The predicted molar refractivity (Wildman–Crippen MR) is 70.3 cm³/mol. The molecule has 1 saturated heterocycles. The summed E-state index contributed by atoms with van der Waals surface area (Å²) in [6.45, 7) is -1.19. The summed E-state index contributed by atoms with van der Waals surface area (Å²) in [5, 5.41) is 0. The maximum atomic E-state index is 12.4. The number of hydrogen-bond donors (Lipinski definition) is 0. The van der Waals surface area contributed by atoms with Crippen LogP contribution >= 0.6 is 0 Å². The fourth-order valence-corrected chi connectivity index (χ4v) is 2.86. The first kappa shape index (κ1) is 15.9. The molecule has 0 radical (unpaired) electrons. The first-order chi connectivity index (χ1) is 9.78. The molecule has 0 N–H and O–H groups in total. The summed E-state index contributed by atoms with van der Waals surface area (Å²) < 4.78 is 37.1. The van der Waals surface area contributed by atoms with Crippen molar-refractivity contribution in [2.45, 2.75) is 37.9 Å². The van der Waals surface area contributed by atoms with Crippen molar-refractivity contribution < 1.29 is 22.8 Å². The van der Waals surface area contributed by atoms with E-state index in [0.29, 0.717) is 6.42 Å². The molecule has 118 valence electrons. The summed E-state index contributed by atoms with van der Waals surface area (Å²) in [5.41, 5.74) is 0. The Morgan fingerprint density at radius 2 is 2.14 bits per heavy atom. The second-order valence-electron chi connectivity index (χ2n) is 5.65. The van der Waals surface area contributed by atoms with Crippen molar-refractivity contribution in [2.24, 2.45) is 5.92 Å². The van der Waals surface area contributed by atoms with Crippen molar-refractivity contribution in [3.8, 4) is 0 Å². The molecule has 0 aromatic heterocycles. The largest absolute Gasteiger partial charge is 0.406 e. The summed E-state index contributed by atoms with van der Waals surface area (Å²) in [6.07, 6.45) is 2.04. The van der Waals surface area contributed by atoms with Gasteiger partial charge in [-0.1, -0.05) is 12.2 Å². The molecular weight excluding hydrogens is 285 g/mol. The summed E-state index contributed by atoms with van der Waals surface area (Å²) in [7, 11) is 1.50. The zero-order chi connectivity index (χ0) is 15.6. The fourth-order valence-electron chi connectivity index (χ4n) is 2.86. The summed E-state index contributed by atoms with van der Waals surface area (Å²) in [5.74, 6) is -0.605. The van der Waals surface area contributed by atoms with Gasteiger partial charge in [0.05, 0.1) is 0 Å². The highest BCUT2D eigenvalue weighted by molar-refractivity contribution is 5.89. The topological polar surface area (TPSA) is 40.6 Å². The lowest BCUT2D eigenvalue weighted by Crippen LogP contribution is -2.45. The number of carbonyl (C=O) groups is 2. The highest BCUT2D eigenvalue weighted by atomic mass is 19.4. The van der Waals surface area contributed by atoms with Crippen LogP contribution in [0.4, 0.5) is 13.2 Å². The number of likely N-dealkylation sites (N-methyl/N-ethyl adjacent to an activating group) is 1. The van der Waals surface area contributed by atoms with Gasteiger partial charge < -0.3 is 9.80 Å². The van der Waals surface area contributed by atoms with Crippen molar-refractivity contribution in [3.63, 3.8) is 0 Å². The third kappa shape index (κ3) is 3.98. The van der Waals surface area contributed by atoms with Crippen molar-refractivity contribution in [1.82, 2.24) is 9.80 Å². The molecule has 0 unspecified atom stereocenters. The minimum atomic E-state index is -4.40. The number of rotatable bonds is 4. The first-order valence-electron chi connectivity index (χ1n) is 7.06. The Hall–Kier alpha value is -1.53. The molecule has 2 rings (SSSR count). The first-order valence-corrected chi connectivity index (χ1v) is 7.06. The van der Waals surface area contributed by atoms with Gasteiger partial charge in [-0.2, -0.15) is 13.2 Å². The Bertz CT molecular complexity index is 448. The van der Waals surface area contributed by atoms with Crippen molar-refractivity contribution >= 4 is 11.8 Å². The van der Waals surface area contributed by atoms with E-state index in [1.54, 1.807) is 0 Å². The molecule has 7 heteroatoms. The van der Waals surface area contributed by atoms with Crippen LogP contribution < -0.4 is 0 Å². The highest BCUT2D eigenvalue weighted by Crippen LogP contribution is 2.25. The molecule has 1 heterocycles. The number of alkyl halides is 3. The van der Waals surface area contributed by atoms with Crippen LogP contribution in [0.25, 0.3) is 0 Å². The second-order valence-corrected chi connectivity index (χ2v) is 5.65. The second kappa shape index (κ2) is 6.07. The van der Waals surface area contributed by atoms with Gasteiger partial charge >= 0.3 is 6.18 Å². The zero-order valence-electron chi connectivity index (χ0n) is 11.9. The minimum Gasteiger partial charge on any atom is -0.334 e. The smallest absolute Gasteiger partial charge is 0.334 e. The molecular formula is C14H19F3N2O2. The normalized spacial score (nSPS) is 25.7. The molecule has 1 aliphatic carbocycles.